The maximum absolute atomic E-state index is 12.2. The fourth-order valence-electron chi connectivity index (χ4n) is 3.43. The minimum atomic E-state index is -0.402. The molecule has 23 heavy (non-hydrogen) atoms. The molecule has 1 heterocycles. The molecular formula is C17H26N4O2. The molecule has 0 radical (unpaired) electrons. The van der Waals surface area contributed by atoms with Crippen molar-refractivity contribution < 1.29 is 9.90 Å². The summed E-state index contributed by atoms with van der Waals surface area (Å²) in [5.41, 5.74) is 2.14. The van der Waals surface area contributed by atoms with Crippen molar-refractivity contribution in [1.82, 2.24) is 20.5 Å². The SMILES string of the molecule is CCc1nc([C@H]2C[C@H](CNC(=O)C(C)=C3CCC3)[C@H](O)C2)n[nH]1. The van der Waals surface area contributed by atoms with Crippen molar-refractivity contribution in [2.75, 3.05) is 6.54 Å². The number of amides is 1. The van der Waals surface area contributed by atoms with Crippen molar-refractivity contribution >= 4 is 5.91 Å². The fourth-order valence-corrected chi connectivity index (χ4v) is 3.43. The van der Waals surface area contributed by atoms with Crippen molar-refractivity contribution in [2.24, 2.45) is 5.92 Å². The van der Waals surface area contributed by atoms with Gasteiger partial charge in [-0.3, -0.25) is 9.89 Å². The van der Waals surface area contributed by atoms with Crippen LogP contribution in [-0.2, 0) is 11.2 Å². The van der Waals surface area contributed by atoms with Crippen LogP contribution in [0.2, 0.25) is 0 Å². The molecule has 0 unspecified atom stereocenters. The minimum Gasteiger partial charge on any atom is -0.393 e. The van der Waals surface area contributed by atoms with Gasteiger partial charge in [-0.2, -0.15) is 5.10 Å². The Labute approximate surface area is 136 Å². The number of aryl methyl sites for hydroxylation is 1. The second kappa shape index (κ2) is 6.83. The zero-order valence-corrected chi connectivity index (χ0v) is 13.9. The highest BCUT2D eigenvalue weighted by Crippen LogP contribution is 2.37. The van der Waals surface area contributed by atoms with Crippen LogP contribution in [-0.4, -0.2) is 38.8 Å². The molecule has 1 amide bonds. The van der Waals surface area contributed by atoms with Crippen LogP contribution in [0.1, 0.15) is 63.5 Å². The molecule has 3 N–H and O–H groups in total. The summed E-state index contributed by atoms with van der Waals surface area (Å²) in [4.78, 5) is 16.6. The highest BCUT2D eigenvalue weighted by Gasteiger charge is 2.36. The van der Waals surface area contributed by atoms with Crippen molar-refractivity contribution in [3.63, 3.8) is 0 Å². The molecule has 0 spiro atoms. The summed E-state index contributed by atoms with van der Waals surface area (Å²) in [5.74, 6) is 1.94. The van der Waals surface area contributed by atoms with E-state index in [-0.39, 0.29) is 17.7 Å². The van der Waals surface area contributed by atoms with Gasteiger partial charge in [0.1, 0.15) is 5.82 Å². The summed E-state index contributed by atoms with van der Waals surface area (Å²) < 4.78 is 0. The number of carbonyl (C=O) groups excluding carboxylic acids is 1. The third-order valence-corrected chi connectivity index (χ3v) is 5.26. The molecule has 2 fully saturated rings. The summed E-state index contributed by atoms with van der Waals surface area (Å²) in [5, 5.41) is 20.5. The van der Waals surface area contributed by atoms with Crippen LogP contribution in [0.5, 0.6) is 0 Å². The van der Waals surface area contributed by atoms with Gasteiger partial charge in [0.05, 0.1) is 6.10 Å². The van der Waals surface area contributed by atoms with E-state index in [1.807, 2.05) is 13.8 Å². The quantitative estimate of drug-likeness (QED) is 0.723. The van der Waals surface area contributed by atoms with Crippen LogP contribution in [0.3, 0.4) is 0 Å². The summed E-state index contributed by atoms with van der Waals surface area (Å²) >= 11 is 0. The van der Waals surface area contributed by atoms with E-state index >= 15 is 0 Å². The van der Waals surface area contributed by atoms with Gasteiger partial charge in [0.15, 0.2) is 5.82 Å². The van der Waals surface area contributed by atoms with E-state index in [1.165, 1.54) is 12.0 Å². The molecule has 0 aliphatic heterocycles. The first-order valence-corrected chi connectivity index (χ1v) is 8.64. The Balaban J connectivity index is 1.54. The molecular weight excluding hydrogens is 292 g/mol. The van der Waals surface area contributed by atoms with E-state index in [1.54, 1.807) is 0 Å². The largest absolute Gasteiger partial charge is 0.393 e. The van der Waals surface area contributed by atoms with E-state index in [0.717, 1.165) is 42.9 Å². The lowest BCUT2D eigenvalue weighted by Crippen LogP contribution is -2.33. The third-order valence-electron chi connectivity index (χ3n) is 5.26. The second-order valence-corrected chi connectivity index (χ2v) is 6.78. The van der Waals surface area contributed by atoms with Crippen molar-refractivity contribution in [2.45, 2.75) is 64.4 Å². The van der Waals surface area contributed by atoms with Gasteiger partial charge in [-0.1, -0.05) is 12.5 Å². The monoisotopic (exact) mass is 318 g/mol. The van der Waals surface area contributed by atoms with E-state index in [9.17, 15) is 9.90 Å². The van der Waals surface area contributed by atoms with Crippen LogP contribution in [0, 0.1) is 5.92 Å². The maximum Gasteiger partial charge on any atom is 0.246 e. The molecule has 1 aromatic heterocycles. The Morgan fingerprint density at radius 3 is 2.78 bits per heavy atom. The summed E-state index contributed by atoms with van der Waals surface area (Å²) in [6.07, 6.45) is 5.21. The number of aliphatic hydroxyl groups is 1. The predicted molar refractivity (Wildman–Crippen MR) is 86.8 cm³/mol. The molecule has 2 aliphatic rings. The number of nitrogens with zero attached hydrogens (tertiary/aromatic N) is 2. The number of H-pyrrole nitrogens is 1. The molecule has 0 saturated heterocycles. The lowest BCUT2D eigenvalue weighted by molar-refractivity contribution is -0.117. The Kier molecular flexibility index (Phi) is 4.80. The maximum atomic E-state index is 12.2. The Bertz CT molecular complexity index is 601. The first-order chi connectivity index (χ1) is 11.1. The van der Waals surface area contributed by atoms with Gasteiger partial charge in [0, 0.05) is 30.4 Å². The van der Waals surface area contributed by atoms with E-state index in [0.29, 0.717) is 13.0 Å². The Morgan fingerprint density at radius 2 is 2.17 bits per heavy atom. The van der Waals surface area contributed by atoms with Crippen LogP contribution >= 0.6 is 0 Å². The summed E-state index contributed by atoms with van der Waals surface area (Å²) in [6, 6.07) is 0. The highest BCUT2D eigenvalue weighted by molar-refractivity contribution is 5.93. The molecule has 3 rings (SSSR count). The normalized spacial score (nSPS) is 26.9. The molecule has 6 nitrogen and oxygen atoms in total. The number of hydrogen-bond acceptors (Lipinski definition) is 4. The summed E-state index contributed by atoms with van der Waals surface area (Å²) in [7, 11) is 0. The fraction of sp³-hybridized carbons (Fsp3) is 0.706. The number of aromatic amines is 1. The lowest BCUT2D eigenvalue weighted by Gasteiger charge is -2.21. The molecule has 126 valence electrons. The number of nitrogens with one attached hydrogen (secondary N) is 2. The molecule has 6 heteroatoms. The second-order valence-electron chi connectivity index (χ2n) is 6.78. The van der Waals surface area contributed by atoms with Crippen molar-refractivity contribution in [1.29, 1.82) is 0 Å². The number of allylic oxidation sites excluding steroid dienone is 1. The minimum absolute atomic E-state index is 0.0153. The Hall–Kier alpha value is -1.69. The van der Waals surface area contributed by atoms with Gasteiger partial charge >= 0.3 is 0 Å². The molecule has 1 aromatic rings. The molecule has 3 atom stereocenters. The van der Waals surface area contributed by atoms with Gasteiger partial charge in [0.2, 0.25) is 5.91 Å². The van der Waals surface area contributed by atoms with Crippen LogP contribution < -0.4 is 5.32 Å². The molecule has 2 aliphatic carbocycles. The number of aliphatic hydroxyl groups excluding tert-OH is 1. The number of rotatable bonds is 5. The molecule has 2 saturated carbocycles. The van der Waals surface area contributed by atoms with Crippen LogP contribution in [0.4, 0.5) is 0 Å². The van der Waals surface area contributed by atoms with Crippen LogP contribution in [0.15, 0.2) is 11.1 Å². The van der Waals surface area contributed by atoms with Gasteiger partial charge in [-0.05, 0) is 39.0 Å². The summed E-state index contributed by atoms with van der Waals surface area (Å²) in [6.45, 7) is 4.45. The number of carbonyl (C=O) groups is 1. The first-order valence-electron chi connectivity index (χ1n) is 8.64. The van der Waals surface area contributed by atoms with Crippen LogP contribution in [0.25, 0.3) is 0 Å². The van der Waals surface area contributed by atoms with Gasteiger partial charge in [0.25, 0.3) is 0 Å². The van der Waals surface area contributed by atoms with Crippen molar-refractivity contribution in [3.05, 3.63) is 22.8 Å². The van der Waals surface area contributed by atoms with E-state index < -0.39 is 6.10 Å². The average Bonchev–Trinajstić information content (AvgIpc) is 3.09. The number of aromatic nitrogens is 3. The zero-order chi connectivity index (χ0) is 16.4. The van der Waals surface area contributed by atoms with Gasteiger partial charge in [-0.25, -0.2) is 4.98 Å². The van der Waals surface area contributed by atoms with Crippen molar-refractivity contribution in [3.8, 4) is 0 Å². The Morgan fingerprint density at radius 1 is 1.39 bits per heavy atom. The average molecular weight is 318 g/mol. The predicted octanol–water partition coefficient (Wildman–Crippen LogP) is 1.84. The molecule has 0 bridgehead atoms. The van der Waals surface area contributed by atoms with E-state index in [2.05, 4.69) is 20.5 Å². The standard InChI is InChI=1S/C17H26N4O2/c1-3-15-19-16(21-20-15)12-7-13(14(22)8-12)9-18-17(23)10(2)11-5-4-6-11/h12-14,22H,3-9H2,1-2H3,(H,18,23)(H,19,20,21)/t12-,13+,14+/m0/s1. The first kappa shape index (κ1) is 16.2. The van der Waals surface area contributed by atoms with Gasteiger partial charge < -0.3 is 10.4 Å². The third kappa shape index (κ3) is 3.47. The lowest BCUT2D eigenvalue weighted by atomic mass is 9.88. The number of hydrogen-bond donors (Lipinski definition) is 3. The highest BCUT2D eigenvalue weighted by atomic mass is 16.3. The topological polar surface area (TPSA) is 90.9 Å². The smallest absolute Gasteiger partial charge is 0.246 e. The molecule has 0 aromatic carbocycles. The zero-order valence-electron chi connectivity index (χ0n) is 13.9. The van der Waals surface area contributed by atoms with Gasteiger partial charge in [-0.15, -0.1) is 0 Å². The van der Waals surface area contributed by atoms with E-state index in [4.69, 9.17) is 0 Å².